The maximum atomic E-state index is 12.3. The maximum absolute atomic E-state index is 12.3. The van der Waals surface area contributed by atoms with Crippen LogP contribution in [0.25, 0.3) is 0 Å². The lowest BCUT2D eigenvalue weighted by Crippen LogP contribution is -2.44. The fourth-order valence-corrected chi connectivity index (χ4v) is 2.86. The first-order valence-electron chi connectivity index (χ1n) is 7.41. The molecule has 2 atom stereocenters. The van der Waals surface area contributed by atoms with Crippen molar-refractivity contribution >= 4 is 11.8 Å². The average Bonchev–Trinajstić information content (AvgIpc) is 3.07. The Kier molecular flexibility index (Phi) is 2.98. The molecule has 1 fully saturated rings. The summed E-state index contributed by atoms with van der Waals surface area (Å²) in [6, 6.07) is 6.67. The van der Waals surface area contributed by atoms with Gasteiger partial charge in [0.2, 0.25) is 6.23 Å². The molecule has 1 aromatic heterocycles. The van der Waals surface area contributed by atoms with Gasteiger partial charge in [0.15, 0.2) is 0 Å². The van der Waals surface area contributed by atoms with E-state index in [4.69, 9.17) is 9.47 Å². The molecular formula is C14H16N4O5. The molecule has 122 valence electrons. The second kappa shape index (κ2) is 4.92. The highest BCUT2D eigenvalue weighted by Crippen LogP contribution is 2.24. The number of rotatable bonds is 4. The number of benzene rings is 1. The summed E-state index contributed by atoms with van der Waals surface area (Å²) in [4.78, 5) is 32.6. The van der Waals surface area contributed by atoms with Gasteiger partial charge in [-0.1, -0.05) is 12.1 Å². The van der Waals surface area contributed by atoms with Gasteiger partial charge in [0.05, 0.1) is 23.8 Å². The first-order valence-corrected chi connectivity index (χ1v) is 7.41. The van der Waals surface area contributed by atoms with Crippen LogP contribution in [-0.4, -0.2) is 57.2 Å². The van der Waals surface area contributed by atoms with Crippen LogP contribution in [0, 0.1) is 0 Å². The van der Waals surface area contributed by atoms with E-state index < -0.39 is 12.3 Å². The van der Waals surface area contributed by atoms with Crippen molar-refractivity contribution in [1.82, 2.24) is 14.9 Å². The van der Waals surface area contributed by atoms with Gasteiger partial charge in [-0.25, -0.2) is 4.90 Å². The molecule has 4 rings (SSSR count). The van der Waals surface area contributed by atoms with E-state index in [0.29, 0.717) is 30.6 Å². The van der Waals surface area contributed by atoms with Crippen molar-refractivity contribution in [2.75, 3.05) is 18.1 Å². The Morgan fingerprint density at radius 2 is 1.91 bits per heavy atom. The number of carbonyl (C=O) groups excluding carboxylic acids is 2. The van der Waals surface area contributed by atoms with E-state index in [2.05, 4.69) is 0 Å². The molecule has 2 aliphatic heterocycles. The third-order valence-electron chi connectivity index (χ3n) is 4.07. The van der Waals surface area contributed by atoms with Gasteiger partial charge in [-0.2, -0.15) is 4.63 Å². The third kappa shape index (κ3) is 2.20. The SMILES string of the molecule is CC(On1on1N1CCC(O)C1)N1C(=O)c2ccccc2C1=O. The Labute approximate surface area is 131 Å². The summed E-state index contributed by atoms with van der Waals surface area (Å²) in [5.41, 5.74) is 0.748. The molecule has 0 aliphatic carbocycles. The van der Waals surface area contributed by atoms with Gasteiger partial charge in [-0.05, 0) is 25.5 Å². The molecule has 0 spiro atoms. The zero-order valence-corrected chi connectivity index (χ0v) is 12.5. The third-order valence-corrected chi connectivity index (χ3v) is 4.07. The smallest absolute Gasteiger partial charge is 0.264 e. The van der Waals surface area contributed by atoms with E-state index >= 15 is 0 Å². The molecule has 3 heterocycles. The molecular weight excluding hydrogens is 304 g/mol. The number of imide groups is 1. The fraction of sp³-hybridized carbons (Fsp3) is 0.429. The van der Waals surface area contributed by atoms with Gasteiger partial charge < -0.3 is 9.94 Å². The molecule has 2 aliphatic rings. The van der Waals surface area contributed by atoms with Gasteiger partial charge in [0.25, 0.3) is 11.8 Å². The molecule has 23 heavy (non-hydrogen) atoms. The fourth-order valence-electron chi connectivity index (χ4n) is 2.86. The van der Waals surface area contributed by atoms with E-state index in [1.54, 1.807) is 36.2 Å². The molecule has 0 saturated carbocycles. The largest absolute Gasteiger partial charge is 0.391 e. The molecule has 9 heteroatoms. The maximum Gasteiger partial charge on any atom is 0.264 e. The second-order valence-corrected chi connectivity index (χ2v) is 5.66. The zero-order chi connectivity index (χ0) is 16.1. The number of aliphatic hydroxyl groups excluding tert-OH is 1. The van der Waals surface area contributed by atoms with Crippen LogP contribution in [0.4, 0.5) is 0 Å². The number of aliphatic hydroxyl groups is 1. The van der Waals surface area contributed by atoms with E-state index in [9.17, 15) is 14.7 Å². The van der Waals surface area contributed by atoms with Gasteiger partial charge in [-0.3, -0.25) is 14.6 Å². The van der Waals surface area contributed by atoms with Gasteiger partial charge in [0.1, 0.15) is 5.02 Å². The molecule has 1 N–H and O–H groups in total. The van der Waals surface area contributed by atoms with Crippen molar-refractivity contribution in [3.05, 3.63) is 35.4 Å². The molecule has 0 bridgehead atoms. The summed E-state index contributed by atoms with van der Waals surface area (Å²) < 4.78 is 5.14. The molecule has 2 amide bonds. The van der Waals surface area contributed by atoms with Crippen LogP contribution in [0.2, 0.25) is 0 Å². The number of aromatic nitrogens is 2. The van der Waals surface area contributed by atoms with E-state index in [-0.39, 0.29) is 11.8 Å². The minimum absolute atomic E-state index is 0.374. The Morgan fingerprint density at radius 3 is 2.48 bits per heavy atom. The summed E-state index contributed by atoms with van der Waals surface area (Å²) in [6.07, 6.45) is -0.559. The zero-order valence-electron chi connectivity index (χ0n) is 12.5. The van der Waals surface area contributed by atoms with Crippen LogP contribution in [-0.2, 0) is 0 Å². The van der Waals surface area contributed by atoms with E-state index in [1.807, 2.05) is 0 Å². The van der Waals surface area contributed by atoms with Crippen LogP contribution in [0.3, 0.4) is 0 Å². The minimum Gasteiger partial charge on any atom is -0.391 e. The summed E-state index contributed by atoms with van der Waals surface area (Å²) >= 11 is 0. The van der Waals surface area contributed by atoms with Gasteiger partial charge in [-0.15, -0.1) is 0 Å². The highest BCUT2D eigenvalue weighted by atomic mass is 17.0. The average molecular weight is 320 g/mol. The van der Waals surface area contributed by atoms with Crippen LogP contribution in [0.1, 0.15) is 34.1 Å². The standard InChI is InChI=1S/C14H16N4O5/c1-9(22-18-17(23-18)15-7-6-10(19)8-15)16-13(20)11-4-2-3-5-12(11)14(16)21/h2-5,9-10,19H,6-8H2,1H3. The van der Waals surface area contributed by atoms with Crippen molar-refractivity contribution < 1.29 is 24.2 Å². The first kappa shape index (κ1) is 13.9. The van der Waals surface area contributed by atoms with Crippen molar-refractivity contribution in [2.24, 2.45) is 0 Å². The normalized spacial score (nSPS) is 22.1. The minimum atomic E-state index is -0.820. The highest BCUT2D eigenvalue weighted by Gasteiger charge is 2.40. The quantitative estimate of drug-likeness (QED) is 0.775. The lowest BCUT2D eigenvalue weighted by molar-refractivity contribution is -0.0572. The number of fused-ring (bicyclic) bond motifs is 1. The molecule has 2 aromatic rings. The number of hydrogen-bond donors (Lipinski definition) is 1. The Bertz CT molecular complexity index is 725. The monoisotopic (exact) mass is 320 g/mol. The number of amides is 2. The van der Waals surface area contributed by atoms with Crippen molar-refractivity contribution in [3.63, 3.8) is 0 Å². The van der Waals surface area contributed by atoms with Crippen molar-refractivity contribution in [3.8, 4) is 0 Å². The summed E-state index contributed by atoms with van der Waals surface area (Å²) in [5.74, 6) is -0.772. The van der Waals surface area contributed by atoms with E-state index in [1.165, 1.54) is 4.96 Å². The number of β-amino-alcohol motifs (C(OH)–C–C–N with tert-alkyl or cyclic N) is 1. The topological polar surface area (TPSA) is 93.1 Å². The molecule has 1 saturated heterocycles. The number of carbonyl (C=O) groups is 2. The molecule has 1 aromatic carbocycles. The highest BCUT2D eigenvalue weighted by molar-refractivity contribution is 6.21. The first-order chi connectivity index (χ1) is 11.1. The molecule has 0 radical (unpaired) electrons. The van der Waals surface area contributed by atoms with E-state index in [0.717, 1.165) is 9.92 Å². The number of hydrogen-bond acceptors (Lipinski definition) is 6. The Balaban J connectivity index is 1.46. The van der Waals surface area contributed by atoms with Crippen LogP contribution in [0.5, 0.6) is 0 Å². The van der Waals surface area contributed by atoms with Gasteiger partial charge in [0, 0.05) is 11.5 Å². The second-order valence-electron chi connectivity index (χ2n) is 5.66. The summed E-state index contributed by atoms with van der Waals surface area (Å²) in [7, 11) is 0. The summed E-state index contributed by atoms with van der Waals surface area (Å²) in [5, 5.41) is 12.4. The lowest BCUT2D eigenvalue weighted by atomic mass is 10.1. The summed E-state index contributed by atoms with van der Waals surface area (Å²) in [6.45, 7) is 2.68. The van der Waals surface area contributed by atoms with Crippen molar-refractivity contribution in [1.29, 1.82) is 0 Å². The predicted octanol–water partition coefficient (Wildman–Crippen LogP) is -0.344. The predicted molar refractivity (Wildman–Crippen MR) is 76.2 cm³/mol. The molecule has 2 unspecified atom stereocenters. The van der Waals surface area contributed by atoms with Gasteiger partial charge >= 0.3 is 0 Å². The van der Waals surface area contributed by atoms with Crippen LogP contribution >= 0.6 is 0 Å². The number of nitrogens with zero attached hydrogens (tertiary/aromatic N) is 4. The van der Waals surface area contributed by atoms with Crippen LogP contribution < -0.4 is 9.85 Å². The Hall–Kier alpha value is -2.68. The molecule has 9 nitrogen and oxygen atoms in total. The lowest BCUT2D eigenvalue weighted by Gasteiger charge is -2.19. The van der Waals surface area contributed by atoms with Crippen LogP contribution in [0.15, 0.2) is 28.9 Å². The van der Waals surface area contributed by atoms with Crippen molar-refractivity contribution in [2.45, 2.75) is 25.7 Å². The Morgan fingerprint density at radius 1 is 1.26 bits per heavy atom.